The van der Waals surface area contributed by atoms with Gasteiger partial charge in [-0.25, -0.2) is 0 Å². The van der Waals surface area contributed by atoms with Crippen molar-refractivity contribution >= 4 is 52.1 Å². The largest absolute Gasteiger partial charge is 0.352 e. The molecule has 30 heavy (non-hydrogen) atoms. The summed E-state index contributed by atoms with van der Waals surface area (Å²) >= 11 is 8.78. The number of Topliss-reactive ketones (excluding diaryl/α,β-unsaturated/α-hetero) is 1. The number of amides is 1. The topological polar surface area (TPSA) is 82.0 Å². The third-order valence-corrected chi connectivity index (χ3v) is 7.14. The lowest BCUT2D eigenvalue weighted by Gasteiger charge is -2.32. The fourth-order valence-electron chi connectivity index (χ4n) is 3.68. The van der Waals surface area contributed by atoms with Gasteiger partial charge in [-0.15, -0.1) is 11.3 Å². The fraction of sp³-hybridized carbons (Fsp3) is 0.227. The highest BCUT2D eigenvalue weighted by Gasteiger charge is 2.37. The van der Waals surface area contributed by atoms with E-state index in [0.29, 0.717) is 33.3 Å². The Morgan fingerprint density at radius 3 is 2.93 bits per heavy atom. The first-order valence-corrected chi connectivity index (χ1v) is 11.7. The number of halogens is 1. The Bertz CT molecular complexity index is 1100. The number of hydrogen-bond donors (Lipinski definition) is 2. The van der Waals surface area contributed by atoms with Gasteiger partial charge in [-0.2, -0.15) is 5.26 Å². The average Bonchev–Trinajstić information content (AvgIpc) is 3.26. The Balaban J connectivity index is 1.57. The number of thioether (sulfide) groups is 1. The van der Waals surface area contributed by atoms with Crippen LogP contribution >= 0.6 is 34.7 Å². The number of dihydropyridines is 1. The molecule has 1 unspecified atom stereocenters. The molecule has 2 aromatic rings. The van der Waals surface area contributed by atoms with Gasteiger partial charge in [0.05, 0.1) is 28.3 Å². The van der Waals surface area contributed by atoms with E-state index in [1.807, 2.05) is 17.5 Å². The number of carbonyl (C=O) groups is 2. The Morgan fingerprint density at radius 1 is 1.33 bits per heavy atom. The zero-order valence-electron chi connectivity index (χ0n) is 15.9. The highest BCUT2D eigenvalue weighted by molar-refractivity contribution is 8.03. The van der Waals surface area contributed by atoms with Crippen molar-refractivity contribution in [1.82, 2.24) is 5.32 Å². The van der Waals surface area contributed by atoms with Gasteiger partial charge in [-0.1, -0.05) is 35.5 Å². The van der Waals surface area contributed by atoms with Gasteiger partial charge in [0.25, 0.3) is 0 Å². The number of hydrogen-bond acceptors (Lipinski definition) is 6. The van der Waals surface area contributed by atoms with Crippen LogP contribution in [-0.4, -0.2) is 17.4 Å². The number of ketones is 1. The van der Waals surface area contributed by atoms with Crippen LogP contribution in [0.2, 0.25) is 5.02 Å². The van der Waals surface area contributed by atoms with E-state index < -0.39 is 0 Å². The number of thiophene rings is 1. The molecule has 1 atom stereocenters. The number of carbonyl (C=O) groups excluding carboxylic acids is 2. The van der Waals surface area contributed by atoms with Crippen molar-refractivity contribution in [2.75, 3.05) is 11.1 Å². The van der Waals surface area contributed by atoms with Crippen molar-refractivity contribution in [2.45, 2.75) is 25.2 Å². The number of benzene rings is 1. The molecule has 5 nitrogen and oxygen atoms in total. The average molecular weight is 456 g/mol. The Kier molecular flexibility index (Phi) is 6.28. The maximum Gasteiger partial charge on any atom is 0.234 e. The van der Waals surface area contributed by atoms with Gasteiger partial charge in [0, 0.05) is 33.3 Å². The highest BCUT2D eigenvalue weighted by Crippen LogP contribution is 2.45. The van der Waals surface area contributed by atoms with E-state index in [4.69, 9.17) is 11.6 Å². The normalized spacial score (nSPS) is 18.5. The Hall–Kier alpha value is -2.53. The molecule has 0 saturated carbocycles. The molecule has 4 rings (SSSR count). The quantitative estimate of drug-likeness (QED) is 0.647. The monoisotopic (exact) mass is 455 g/mol. The summed E-state index contributed by atoms with van der Waals surface area (Å²) < 4.78 is 0. The van der Waals surface area contributed by atoms with Crippen LogP contribution in [0.25, 0.3) is 0 Å². The molecule has 0 radical (unpaired) electrons. The SMILES string of the molecule is N#CC1=C(SCC(=O)Nc2cccc(Cl)c2)NC2=C(C(=O)CCC2)C1c1cccs1. The summed E-state index contributed by atoms with van der Waals surface area (Å²) in [5.74, 6) is -0.329. The summed E-state index contributed by atoms with van der Waals surface area (Å²) in [6, 6.07) is 13.1. The number of nitrogens with zero attached hydrogens (tertiary/aromatic N) is 1. The minimum Gasteiger partial charge on any atom is -0.352 e. The summed E-state index contributed by atoms with van der Waals surface area (Å²) in [6.45, 7) is 0. The van der Waals surface area contributed by atoms with Crippen LogP contribution in [0.15, 0.2) is 63.7 Å². The van der Waals surface area contributed by atoms with Gasteiger partial charge in [-0.05, 0) is 42.5 Å². The number of nitriles is 1. The van der Waals surface area contributed by atoms with Gasteiger partial charge < -0.3 is 10.6 Å². The van der Waals surface area contributed by atoms with Crippen LogP contribution < -0.4 is 10.6 Å². The van der Waals surface area contributed by atoms with Crippen molar-refractivity contribution in [3.8, 4) is 6.07 Å². The first-order chi connectivity index (χ1) is 14.6. The lowest BCUT2D eigenvalue weighted by molar-refractivity contribution is -0.116. The van der Waals surface area contributed by atoms with Crippen LogP contribution in [0.1, 0.15) is 30.1 Å². The second-order valence-electron chi connectivity index (χ2n) is 6.94. The molecular formula is C22H18ClN3O2S2. The first-order valence-electron chi connectivity index (χ1n) is 9.46. The fourth-order valence-corrected chi connectivity index (χ4v) is 5.57. The second kappa shape index (κ2) is 9.09. The van der Waals surface area contributed by atoms with Crippen molar-refractivity contribution < 1.29 is 9.59 Å². The minimum atomic E-state index is -0.363. The van der Waals surface area contributed by atoms with Crippen molar-refractivity contribution in [1.29, 1.82) is 5.26 Å². The van der Waals surface area contributed by atoms with Crippen LogP contribution in [0.4, 0.5) is 5.69 Å². The minimum absolute atomic E-state index is 0.0950. The summed E-state index contributed by atoms with van der Waals surface area (Å²) in [6.07, 6.45) is 2.06. The number of rotatable bonds is 5. The summed E-state index contributed by atoms with van der Waals surface area (Å²) in [7, 11) is 0. The molecule has 1 aliphatic carbocycles. The van der Waals surface area contributed by atoms with Crippen LogP contribution in [-0.2, 0) is 9.59 Å². The maximum atomic E-state index is 12.7. The molecule has 2 N–H and O–H groups in total. The lowest BCUT2D eigenvalue weighted by Crippen LogP contribution is -2.31. The molecular weight excluding hydrogens is 438 g/mol. The van der Waals surface area contributed by atoms with E-state index in [1.54, 1.807) is 24.3 Å². The van der Waals surface area contributed by atoms with Gasteiger partial charge in [0.1, 0.15) is 0 Å². The van der Waals surface area contributed by atoms with Crippen LogP contribution in [0.3, 0.4) is 0 Å². The van der Waals surface area contributed by atoms with E-state index >= 15 is 0 Å². The molecule has 2 aliphatic rings. The molecule has 0 saturated heterocycles. The molecule has 152 valence electrons. The highest BCUT2D eigenvalue weighted by atomic mass is 35.5. The molecule has 1 aromatic heterocycles. The molecule has 0 bridgehead atoms. The molecule has 1 aromatic carbocycles. The zero-order valence-corrected chi connectivity index (χ0v) is 18.3. The predicted molar refractivity (Wildman–Crippen MR) is 121 cm³/mol. The molecule has 0 spiro atoms. The first kappa shape index (κ1) is 20.7. The van der Waals surface area contributed by atoms with Gasteiger partial charge in [0.15, 0.2) is 5.78 Å². The zero-order chi connectivity index (χ0) is 21.1. The van der Waals surface area contributed by atoms with Crippen LogP contribution in [0.5, 0.6) is 0 Å². The van der Waals surface area contributed by atoms with E-state index in [9.17, 15) is 14.9 Å². The predicted octanol–water partition coefficient (Wildman–Crippen LogP) is 5.20. The van der Waals surface area contributed by atoms with Crippen molar-refractivity contribution in [2.24, 2.45) is 0 Å². The smallest absolute Gasteiger partial charge is 0.234 e. The Labute approximate surface area is 187 Å². The second-order valence-corrected chi connectivity index (χ2v) is 9.35. The summed E-state index contributed by atoms with van der Waals surface area (Å²) in [5, 5.41) is 19.2. The number of anilines is 1. The van der Waals surface area contributed by atoms with E-state index in [2.05, 4.69) is 16.7 Å². The van der Waals surface area contributed by atoms with Gasteiger partial charge in [0.2, 0.25) is 5.91 Å². The van der Waals surface area contributed by atoms with Gasteiger partial charge in [-0.3, -0.25) is 9.59 Å². The lowest BCUT2D eigenvalue weighted by atomic mass is 9.79. The van der Waals surface area contributed by atoms with E-state index in [1.165, 1.54) is 23.1 Å². The molecule has 1 aliphatic heterocycles. The summed E-state index contributed by atoms with van der Waals surface area (Å²) in [4.78, 5) is 26.1. The number of allylic oxidation sites excluding steroid dienone is 3. The van der Waals surface area contributed by atoms with Crippen LogP contribution in [0, 0.1) is 11.3 Å². The summed E-state index contributed by atoms with van der Waals surface area (Å²) in [5.41, 5.74) is 2.69. The molecule has 0 fully saturated rings. The van der Waals surface area contributed by atoms with E-state index in [-0.39, 0.29) is 23.4 Å². The van der Waals surface area contributed by atoms with E-state index in [0.717, 1.165) is 23.4 Å². The maximum absolute atomic E-state index is 12.7. The number of nitrogens with one attached hydrogen (secondary N) is 2. The third kappa shape index (κ3) is 4.31. The standard InChI is InChI=1S/C22H18ClN3O2S2/c23-13-4-1-5-14(10-13)25-19(28)12-30-22-15(11-24)20(18-8-3-9-29-18)21-16(26-22)6-2-7-17(21)27/h1,3-5,8-10,20,26H,2,6-7,12H2,(H,25,28). The van der Waals surface area contributed by atoms with Crippen molar-refractivity contribution in [3.05, 3.63) is 73.6 Å². The Morgan fingerprint density at radius 2 is 2.20 bits per heavy atom. The molecule has 2 heterocycles. The molecule has 1 amide bonds. The van der Waals surface area contributed by atoms with Crippen molar-refractivity contribution in [3.63, 3.8) is 0 Å². The van der Waals surface area contributed by atoms with Gasteiger partial charge >= 0.3 is 0 Å². The third-order valence-electron chi connectivity index (χ3n) is 4.95. The molecule has 8 heteroatoms.